The normalized spacial score (nSPS) is 13.1. The lowest BCUT2D eigenvalue weighted by atomic mass is 10.1. The molecular formula is C13H20FNO. The van der Waals surface area contributed by atoms with Gasteiger partial charge in [-0.15, -0.1) is 0 Å². The molecule has 0 heterocycles. The van der Waals surface area contributed by atoms with Crippen molar-refractivity contribution in [3.05, 3.63) is 35.6 Å². The molecule has 1 aromatic rings. The molecule has 0 bridgehead atoms. The first-order chi connectivity index (χ1) is 7.59. The van der Waals surface area contributed by atoms with Gasteiger partial charge >= 0.3 is 0 Å². The lowest BCUT2D eigenvalue weighted by molar-refractivity contribution is 0.0796. The van der Waals surface area contributed by atoms with E-state index in [1.807, 2.05) is 13.8 Å². The standard InChI is InChI=1S/C13H20FNO/c1-10(2)16-9-8-15-11(3)12-4-6-13(14)7-5-12/h4-7,10-11,15H,8-9H2,1-3H3/t11-/m0/s1. The van der Waals surface area contributed by atoms with E-state index in [0.717, 1.165) is 12.1 Å². The highest BCUT2D eigenvalue weighted by atomic mass is 19.1. The quantitative estimate of drug-likeness (QED) is 0.752. The Labute approximate surface area is 96.8 Å². The molecule has 90 valence electrons. The topological polar surface area (TPSA) is 21.3 Å². The summed E-state index contributed by atoms with van der Waals surface area (Å²) >= 11 is 0. The number of hydrogen-bond acceptors (Lipinski definition) is 2. The zero-order valence-electron chi connectivity index (χ0n) is 10.2. The summed E-state index contributed by atoms with van der Waals surface area (Å²) in [7, 11) is 0. The van der Waals surface area contributed by atoms with Gasteiger partial charge in [-0.2, -0.15) is 0 Å². The molecule has 1 atom stereocenters. The van der Waals surface area contributed by atoms with Crippen LogP contribution in [0.15, 0.2) is 24.3 Å². The van der Waals surface area contributed by atoms with E-state index in [1.54, 1.807) is 12.1 Å². The van der Waals surface area contributed by atoms with Crippen LogP contribution in [0.5, 0.6) is 0 Å². The van der Waals surface area contributed by atoms with Crippen LogP contribution in [-0.2, 0) is 4.74 Å². The molecule has 0 amide bonds. The van der Waals surface area contributed by atoms with E-state index in [2.05, 4.69) is 12.2 Å². The predicted octanol–water partition coefficient (Wildman–Crippen LogP) is 2.90. The number of halogens is 1. The van der Waals surface area contributed by atoms with Crippen LogP contribution in [0, 0.1) is 5.82 Å². The molecule has 1 aromatic carbocycles. The minimum atomic E-state index is -0.195. The summed E-state index contributed by atoms with van der Waals surface area (Å²) < 4.78 is 18.1. The van der Waals surface area contributed by atoms with Gasteiger partial charge in [-0.05, 0) is 38.5 Å². The molecule has 0 saturated carbocycles. The fourth-order valence-corrected chi connectivity index (χ4v) is 1.44. The molecule has 1 N–H and O–H groups in total. The van der Waals surface area contributed by atoms with Crippen LogP contribution in [-0.4, -0.2) is 19.3 Å². The second-order valence-electron chi connectivity index (χ2n) is 4.15. The number of nitrogens with one attached hydrogen (secondary N) is 1. The van der Waals surface area contributed by atoms with E-state index in [-0.39, 0.29) is 18.0 Å². The Balaban J connectivity index is 2.29. The van der Waals surface area contributed by atoms with Gasteiger partial charge in [0.1, 0.15) is 5.82 Å². The number of rotatable bonds is 6. The average Bonchev–Trinajstić information content (AvgIpc) is 2.25. The third-order valence-electron chi connectivity index (χ3n) is 2.37. The molecule has 0 aromatic heterocycles. The highest BCUT2D eigenvalue weighted by Gasteiger charge is 2.04. The summed E-state index contributed by atoms with van der Waals surface area (Å²) in [4.78, 5) is 0. The van der Waals surface area contributed by atoms with E-state index in [1.165, 1.54) is 12.1 Å². The maximum absolute atomic E-state index is 12.7. The van der Waals surface area contributed by atoms with Crippen LogP contribution < -0.4 is 5.32 Å². The minimum Gasteiger partial charge on any atom is -0.377 e. The molecule has 3 heteroatoms. The third kappa shape index (κ3) is 4.73. The molecule has 0 unspecified atom stereocenters. The van der Waals surface area contributed by atoms with Crippen molar-refractivity contribution in [2.75, 3.05) is 13.2 Å². The van der Waals surface area contributed by atoms with Crippen molar-refractivity contribution in [3.63, 3.8) is 0 Å². The third-order valence-corrected chi connectivity index (χ3v) is 2.37. The van der Waals surface area contributed by atoms with Crippen molar-refractivity contribution < 1.29 is 9.13 Å². The predicted molar refractivity (Wildman–Crippen MR) is 63.9 cm³/mol. The average molecular weight is 225 g/mol. The van der Waals surface area contributed by atoms with Crippen molar-refractivity contribution in [1.29, 1.82) is 0 Å². The van der Waals surface area contributed by atoms with Crippen molar-refractivity contribution in [2.24, 2.45) is 0 Å². The molecule has 0 saturated heterocycles. The Hall–Kier alpha value is -0.930. The molecule has 2 nitrogen and oxygen atoms in total. The van der Waals surface area contributed by atoms with Crippen molar-refractivity contribution in [3.8, 4) is 0 Å². The Morgan fingerprint density at radius 2 is 1.81 bits per heavy atom. The van der Waals surface area contributed by atoms with Gasteiger partial charge < -0.3 is 10.1 Å². The summed E-state index contributed by atoms with van der Waals surface area (Å²) in [5, 5.41) is 3.33. The lowest BCUT2D eigenvalue weighted by Crippen LogP contribution is -2.24. The number of hydrogen-bond donors (Lipinski definition) is 1. The fraction of sp³-hybridized carbons (Fsp3) is 0.538. The maximum atomic E-state index is 12.7. The summed E-state index contributed by atoms with van der Waals surface area (Å²) in [5.74, 6) is -0.195. The van der Waals surface area contributed by atoms with Crippen molar-refractivity contribution in [1.82, 2.24) is 5.32 Å². The van der Waals surface area contributed by atoms with E-state index in [0.29, 0.717) is 6.61 Å². The Morgan fingerprint density at radius 1 is 1.19 bits per heavy atom. The van der Waals surface area contributed by atoms with E-state index < -0.39 is 0 Å². The van der Waals surface area contributed by atoms with Crippen LogP contribution in [0.4, 0.5) is 4.39 Å². The zero-order valence-corrected chi connectivity index (χ0v) is 10.2. The molecule has 0 fully saturated rings. The molecule has 0 aliphatic rings. The molecule has 0 aliphatic heterocycles. The smallest absolute Gasteiger partial charge is 0.123 e. The monoisotopic (exact) mass is 225 g/mol. The van der Waals surface area contributed by atoms with Gasteiger partial charge in [0.25, 0.3) is 0 Å². The molecule has 0 radical (unpaired) electrons. The molecular weight excluding hydrogens is 205 g/mol. The number of ether oxygens (including phenoxy) is 1. The second-order valence-corrected chi connectivity index (χ2v) is 4.15. The highest BCUT2D eigenvalue weighted by Crippen LogP contribution is 2.12. The molecule has 0 spiro atoms. The van der Waals surface area contributed by atoms with Crippen LogP contribution in [0.1, 0.15) is 32.4 Å². The van der Waals surface area contributed by atoms with Crippen LogP contribution in [0.2, 0.25) is 0 Å². The van der Waals surface area contributed by atoms with Gasteiger partial charge in [-0.25, -0.2) is 4.39 Å². The lowest BCUT2D eigenvalue weighted by Gasteiger charge is -2.15. The minimum absolute atomic E-state index is 0.195. The highest BCUT2D eigenvalue weighted by molar-refractivity contribution is 5.19. The van der Waals surface area contributed by atoms with Gasteiger partial charge in [0, 0.05) is 12.6 Å². The van der Waals surface area contributed by atoms with Crippen molar-refractivity contribution in [2.45, 2.75) is 32.9 Å². The fourth-order valence-electron chi connectivity index (χ4n) is 1.44. The summed E-state index contributed by atoms with van der Waals surface area (Å²) in [6.07, 6.45) is 0.267. The maximum Gasteiger partial charge on any atom is 0.123 e. The van der Waals surface area contributed by atoms with Crippen LogP contribution >= 0.6 is 0 Å². The molecule has 0 aliphatic carbocycles. The summed E-state index contributed by atoms with van der Waals surface area (Å²) in [5.41, 5.74) is 1.09. The van der Waals surface area contributed by atoms with Crippen LogP contribution in [0.25, 0.3) is 0 Å². The SMILES string of the molecule is CC(C)OCCN[C@@H](C)c1ccc(F)cc1. The molecule has 16 heavy (non-hydrogen) atoms. The summed E-state index contributed by atoms with van der Waals surface area (Å²) in [6.45, 7) is 7.59. The van der Waals surface area contributed by atoms with E-state index in [9.17, 15) is 4.39 Å². The first kappa shape index (κ1) is 13.1. The van der Waals surface area contributed by atoms with Gasteiger partial charge in [0.05, 0.1) is 12.7 Å². The van der Waals surface area contributed by atoms with E-state index in [4.69, 9.17) is 4.74 Å². The number of benzene rings is 1. The van der Waals surface area contributed by atoms with Gasteiger partial charge in [0.15, 0.2) is 0 Å². The summed E-state index contributed by atoms with van der Waals surface area (Å²) in [6, 6.07) is 6.79. The first-order valence-corrected chi connectivity index (χ1v) is 5.70. The van der Waals surface area contributed by atoms with Gasteiger partial charge in [-0.3, -0.25) is 0 Å². The molecule has 1 rings (SSSR count). The van der Waals surface area contributed by atoms with Crippen molar-refractivity contribution >= 4 is 0 Å². The first-order valence-electron chi connectivity index (χ1n) is 5.70. The van der Waals surface area contributed by atoms with Gasteiger partial charge in [-0.1, -0.05) is 12.1 Å². The van der Waals surface area contributed by atoms with Crippen LogP contribution in [0.3, 0.4) is 0 Å². The van der Waals surface area contributed by atoms with Gasteiger partial charge in [0.2, 0.25) is 0 Å². The Bertz CT molecular complexity index is 297. The largest absolute Gasteiger partial charge is 0.377 e. The Morgan fingerprint density at radius 3 is 2.38 bits per heavy atom. The second kappa shape index (κ2) is 6.61. The zero-order chi connectivity index (χ0) is 12.0. The van der Waals surface area contributed by atoms with E-state index >= 15 is 0 Å². The Kier molecular flexibility index (Phi) is 5.43.